The molecule has 1 nitrogen and oxygen atoms in total. The van der Waals surface area contributed by atoms with Crippen molar-refractivity contribution < 1.29 is 5.11 Å². The minimum absolute atomic E-state index is 0.266. The van der Waals surface area contributed by atoms with Gasteiger partial charge in [-0.3, -0.25) is 0 Å². The minimum Gasteiger partial charge on any atom is -0.876 e. The van der Waals surface area contributed by atoms with Gasteiger partial charge in [0.1, 0.15) is 0 Å². The van der Waals surface area contributed by atoms with E-state index in [1.54, 1.807) is 6.92 Å². The van der Waals surface area contributed by atoms with E-state index in [9.17, 15) is 5.11 Å². The maximum Gasteiger partial charge on any atom is 0.0758 e. The van der Waals surface area contributed by atoms with Crippen LogP contribution in [0.1, 0.15) is 27.7 Å². The van der Waals surface area contributed by atoms with Crippen molar-refractivity contribution in [2.24, 2.45) is 0 Å². The third-order valence-corrected chi connectivity index (χ3v) is 7.87. The van der Waals surface area contributed by atoms with Gasteiger partial charge < -0.3 is 5.11 Å². The van der Waals surface area contributed by atoms with Crippen LogP contribution in [0.5, 0.6) is 0 Å². The van der Waals surface area contributed by atoms with E-state index in [1.807, 2.05) is 5.70 Å². The van der Waals surface area contributed by atoms with Gasteiger partial charge in [0.15, 0.2) is 0 Å². The van der Waals surface area contributed by atoms with Crippen LogP contribution in [0.25, 0.3) is 0 Å². The zero-order valence-electron chi connectivity index (χ0n) is 8.11. The van der Waals surface area contributed by atoms with Crippen LogP contribution in [0.15, 0.2) is 11.5 Å². The van der Waals surface area contributed by atoms with Gasteiger partial charge in [0.2, 0.25) is 0 Å². The van der Waals surface area contributed by atoms with Crippen molar-refractivity contribution in [3.05, 3.63) is 11.5 Å². The largest absolute Gasteiger partial charge is 0.876 e. The third kappa shape index (κ3) is 3.10. The molecule has 0 fully saturated rings. The maximum absolute atomic E-state index is 10.9. The summed E-state index contributed by atoms with van der Waals surface area (Å²) in [6.45, 7) is 8.29. The molecule has 0 unspecified atom stereocenters. The summed E-state index contributed by atoms with van der Waals surface area (Å²) in [5, 5.41) is 10.9. The van der Waals surface area contributed by atoms with E-state index in [-0.39, 0.29) is 5.76 Å². The van der Waals surface area contributed by atoms with Gasteiger partial charge in [0.05, 0.1) is 8.07 Å². The lowest BCUT2D eigenvalue weighted by atomic mass is 10.7. The predicted molar refractivity (Wildman–Crippen MR) is 51.0 cm³/mol. The molecular formula is C9H19OSi-. The SMILES string of the molecule is CC[Si](/C=C(/C)[O-])(CC)CC. The Hall–Kier alpha value is -0.243. The molecule has 0 heterocycles. The first-order valence-corrected chi connectivity index (χ1v) is 7.16. The first-order chi connectivity index (χ1) is 5.10. The maximum atomic E-state index is 10.9. The first-order valence-electron chi connectivity index (χ1n) is 4.46. The lowest BCUT2D eigenvalue weighted by Gasteiger charge is -2.26. The summed E-state index contributed by atoms with van der Waals surface area (Å²) in [6.07, 6.45) is 0. The molecule has 0 aromatic heterocycles. The highest BCUT2D eigenvalue weighted by molar-refractivity contribution is 6.84. The molecule has 0 rings (SSSR count). The summed E-state index contributed by atoms with van der Waals surface area (Å²) in [6, 6.07) is 3.62. The molecule has 0 radical (unpaired) electrons. The topological polar surface area (TPSA) is 23.1 Å². The standard InChI is InChI=1S/C9H20OSi/c1-5-11(6-2,7-3)8-9(4)10/h8,10H,5-7H2,1-4H3/p-1/b9-8-. The normalized spacial score (nSPS) is 13.6. The summed E-state index contributed by atoms with van der Waals surface area (Å²) in [7, 11) is -1.26. The Labute approximate surface area is 71.1 Å². The highest BCUT2D eigenvalue weighted by Gasteiger charge is 2.22. The molecule has 11 heavy (non-hydrogen) atoms. The molecule has 0 N–H and O–H groups in total. The monoisotopic (exact) mass is 171 g/mol. The van der Waals surface area contributed by atoms with Crippen molar-refractivity contribution in [1.29, 1.82) is 0 Å². The Morgan fingerprint density at radius 1 is 1.18 bits per heavy atom. The molecule has 0 aliphatic carbocycles. The van der Waals surface area contributed by atoms with Gasteiger partial charge in [-0.1, -0.05) is 45.8 Å². The van der Waals surface area contributed by atoms with Gasteiger partial charge in [-0.25, -0.2) is 0 Å². The van der Waals surface area contributed by atoms with Crippen LogP contribution in [0.3, 0.4) is 0 Å². The summed E-state index contributed by atoms with van der Waals surface area (Å²) in [5.74, 6) is 0.266. The van der Waals surface area contributed by atoms with E-state index in [2.05, 4.69) is 20.8 Å². The van der Waals surface area contributed by atoms with Crippen LogP contribution >= 0.6 is 0 Å². The van der Waals surface area contributed by atoms with Crippen molar-refractivity contribution >= 4 is 8.07 Å². The molecule has 0 spiro atoms. The quantitative estimate of drug-likeness (QED) is 0.470. The molecule has 0 aromatic carbocycles. The number of hydrogen-bond acceptors (Lipinski definition) is 1. The van der Waals surface area contributed by atoms with E-state index in [4.69, 9.17) is 0 Å². The number of hydrogen-bond donors (Lipinski definition) is 0. The van der Waals surface area contributed by atoms with E-state index < -0.39 is 8.07 Å². The molecule has 0 aromatic rings. The second kappa shape index (κ2) is 4.60. The molecule has 0 amide bonds. The molecular weight excluding hydrogens is 152 g/mol. The lowest BCUT2D eigenvalue weighted by Crippen LogP contribution is -2.30. The Morgan fingerprint density at radius 2 is 1.55 bits per heavy atom. The average Bonchev–Trinajstić information content (AvgIpc) is 2.00. The molecule has 66 valence electrons. The van der Waals surface area contributed by atoms with Crippen molar-refractivity contribution in [3.63, 3.8) is 0 Å². The summed E-state index contributed by atoms with van der Waals surface area (Å²) in [5.41, 5.74) is 2.02. The van der Waals surface area contributed by atoms with Gasteiger partial charge in [0.25, 0.3) is 0 Å². The Kier molecular flexibility index (Phi) is 4.50. The van der Waals surface area contributed by atoms with Gasteiger partial charge in [-0.15, -0.1) is 11.5 Å². The average molecular weight is 171 g/mol. The zero-order valence-corrected chi connectivity index (χ0v) is 9.11. The van der Waals surface area contributed by atoms with Crippen LogP contribution in [-0.4, -0.2) is 8.07 Å². The van der Waals surface area contributed by atoms with Crippen molar-refractivity contribution in [2.45, 2.75) is 45.8 Å². The Balaban J connectivity index is 4.42. The predicted octanol–water partition coefficient (Wildman–Crippen LogP) is 2.30. The molecule has 0 bridgehead atoms. The summed E-state index contributed by atoms with van der Waals surface area (Å²) < 4.78 is 0. The molecule has 0 aliphatic rings. The molecule has 0 saturated heterocycles. The van der Waals surface area contributed by atoms with E-state index in [0.717, 1.165) is 0 Å². The molecule has 0 saturated carbocycles. The fourth-order valence-electron chi connectivity index (χ4n) is 1.49. The van der Waals surface area contributed by atoms with Gasteiger partial charge in [0, 0.05) is 0 Å². The molecule has 0 aliphatic heterocycles. The van der Waals surface area contributed by atoms with Crippen LogP contribution in [0.4, 0.5) is 0 Å². The van der Waals surface area contributed by atoms with Gasteiger partial charge >= 0.3 is 0 Å². The number of allylic oxidation sites excluding steroid dienone is 1. The molecule has 2 heteroatoms. The summed E-state index contributed by atoms with van der Waals surface area (Å²) in [4.78, 5) is 0. The van der Waals surface area contributed by atoms with Gasteiger partial charge in [-0.05, 0) is 0 Å². The highest BCUT2D eigenvalue weighted by atomic mass is 28.3. The second-order valence-electron chi connectivity index (χ2n) is 3.18. The third-order valence-electron chi connectivity index (χ3n) is 2.62. The molecule has 0 atom stereocenters. The van der Waals surface area contributed by atoms with Crippen LogP contribution in [-0.2, 0) is 0 Å². The highest BCUT2D eigenvalue weighted by Crippen LogP contribution is 2.21. The van der Waals surface area contributed by atoms with Crippen LogP contribution < -0.4 is 5.11 Å². The van der Waals surface area contributed by atoms with E-state index in [1.165, 1.54) is 18.1 Å². The fraction of sp³-hybridized carbons (Fsp3) is 0.778. The fourth-order valence-corrected chi connectivity index (χ4v) is 4.46. The lowest BCUT2D eigenvalue weighted by molar-refractivity contribution is -0.301. The van der Waals surface area contributed by atoms with Crippen molar-refractivity contribution in [3.8, 4) is 0 Å². The van der Waals surface area contributed by atoms with Crippen molar-refractivity contribution in [2.75, 3.05) is 0 Å². The minimum atomic E-state index is -1.26. The van der Waals surface area contributed by atoms with E-state index >= 15 is 0 Å². The second-order valence-corrected chi connectivity index (χ2v) is 8.31. The van der Waals surface area contributed by atoms with Crippen LogP contribution in [0, 0.1) is 0 Å². The zero-order chi connectivity index (χ0) is 8.91. The summed E-state index contributed by atoms with van der Waals surface area (Å²) >= 11 is 0. The van der Waals surface area contributed by atoms with Crippen molar-refractivity contribution in [1.82, 2.24) is 0 Å². The smallest absolute Gasteiger partial charge is 0.0758 e. The first kappa shape index (κ1) is 10.8. The number of rotatable bonds is 4. The van der Waals surface area contributed by atoms with Crippen LogP contribution in [0.2, 0.25) is 18.1 Å². The Morgan fingerprint density at radius 3 is 1.64 bits per heavy atom. The van der Waals surface area contributed by atoms with Gasteiger partial charge in [-0.2, -0.15) is 0 Å². The van der Waals surface area contributed by atoms with E-state index in [0.29, 0.717) is 0 Å². The Bertz CT molecular complexity index is 124.